The van der Waals surface area contributed by atoms with Crippen LogP contribution in [-0.2, 0) is 20.4 Å². The fourth-order valence-electron chi connectivity index (χ4n) is 3.19. The minimum absolute atomic E-state index is 0.102. The predicted molar refractivity (Wildman–Crippen MR) is 138 cm³/mol. The topological polar surface area (TPSA) is 73.9 Å². The third-order valence-electron chi connectivity index (χ3n) is 4.70. The molecule has 0 aliphatic carbocycles. The summed E-state index contributed by atoms with van der Waals surface area (Å²) < 4.78 is 17.7. The SMILES string of the molecule is C=CCOC(=O)c1cc2cc(CP(NC(C)CC(=O)OCCC)Oc3ccccc3)ccc2s1. The van der Waals surface area contributed by atoms with Crippen LogP contribution in [0.3, 0.4) is 0 Å². The molecular formula is C26H30NO5PS. The van der Waals surface area contributed by atoms with Gasteiger partial charge in [-0.1, -0.05) is 43.8 Å². The third-order valence-corrected chi connectivity index (χ3v) is 7.61. The van der Waals surface area contributed by atoms with Crippen LogP contribution in [-0.4, -0.2) is 31.2 Å². The summed E-state index contributed by atoms with van der Waals surface area (Å²) in [6.07, 6.45) is 3.27. The molecule has 2 unspecified atom stereocenters. The molecule has 180 valence electrons. The van der Waals surface area contributed by atoms with Crippen LogP contribution in [0.15, 0.2) is 67.3 Å². The van der Waals surface area contributed by atoms with Crippen LogP contribution < -0.4 is 9.61 Å². The van der Waals surface area contributed by atoms with E-state index in [9.17, 15) is 9.59 Å². The molecule has 0 spiro atoms. The lowest BCUT2D eigenvalue weighted by molar-refractivity contribution is -0.144. The zero-order valence-corrected chi connectivity index (χ0v) is 21.2. The smallest absolute Gasteiger partial charge is 0.348 e. The maximum absolute atomic E-state index is 12.2. The number of esters is 2. The van der Waals surface area contributed by atoms with Crippen molar-refractivity contribution >= 4 is 41.7 Å². The Morgan fingerprint density at radius 2 is 1.94 bits per heavy atom. The minimum Gasteiger partial charge on any atom is -0.466 e. The number of thiophene rings is 1. The fraction of sp³-hybridized carbons (Fsp3) is 0.308. The first-order valence-electron chi connectivity index (χ1n) is 11.2. The van der Waals surface area contributed by atoms with Gasteiger partial charge in [0.25, 0.3) is 0 Å². The van der Waals surface area contributed by atoms with Gasteiger partial charge in [0.05, 0.1) is 13.0 Å². The first-order valence-corrected chi connectivity index (χ1v) is 13.5. The average molecular weight is 500 g/mol. The molecule has 34 heavy (non-hydrogen) atoms. The first-order chi connectivity index (χ1) is 16.5. The van der Waals surface area contributed by atoms with Gasteiger partial charge >= 0.3 is 11.9 Å². The number of carbonyl (C=O) groups is 2. The summed E-state index contributed by atoms with van der Waals surface area (Å²) in [4.78, 5) is 24.8. The summed E-state index contributed by atoms with van der Waals surface area (Å²) >= 11 is 1.41. The fourth-order valence-corrected chi connectivity index (χ4v) is 5.83. The van der Waals surface area contributed by atoms with Gasteiger partial charge in [-0.3, -0.25) is 9.88 Å². The number of benzene rings is 2. The predicted octanol–water partition coefficient (Wildman–Crippen LogP) is 6.46. The molecule has 1 N–H and O–H groups in total. The van der Waals surface area contributed by atoms with Crippen molar-refractivity contribution in [2.24, 2.45) is 0 Å². The minimum atomic E-state index is -1.12. The maximum atomic E-state index is 12.2. The van der Waals surface area contributed by atoms with Crippen molar-refractivity contribution in [3.8, 4) is 5.75 Å². The number of para-hydroxylation sites is 1. The van der Waals surface area contributed by atoms with Crippen molar-refractivity contribution in [2.75, 3.05) is 13.2 Å². The van der Waals surface area contributed by atoms with Crippen molar-refractivity contribution in [1.82, 2.24) is 5.09 Å². The van der Waals surface area contributed by atoms with Crippen LogP contribution in [0.4, 0.5) is 0 Å². The maximum Gasteiger partial charge on any atom is 0.348 e. The lowest BCUT2D eigenvalue weighted by atomic mass is 10.2. The molecule has 0 fully saturated rings. The Morgan fingerprint density at radius 1 is 1.15 bits per heavy atom. The quantitative estimate of drug-likeness (QED) is 0.165. The van der Waals surface area contributed by atoms with E-state index in [0.29, 0.717) is 17.6 Å². The highest BCUT2D eigenvalue weighted by molar-refractivity contribution is 7.50. The van der Waals surface area contributed by atoms with Crippen LogP contribution in [0.2, 0.25) is 0 Å². The second-order valence-corrected chi connectivity index (χ2v) is 10.4. The average Bonchev–Trinajstić information content (AvgIpc) is 3.25. The van der Waals surface area contributed by atoms with E-state index in [0.717, 1.165) is 27.8 Å². The highest BCUT2D eigenvalue weighted by Crippen LogP contribution is 2.40. The van der Waals surface area contributed by atoms with Gasteiger partial charge in [-0.15, -0.1) is 11.3 Å². The molecule has 6 nitrogen and oxygen atoms in total. The lowest BCUT2D eigenvalue weighted by Crippen LogP contribution is -2.27. The molecule has 8 heteroatoms. The summed E-state index contributed by atoms with van der Waals surface area (Å²) in [7, 11) is -1.12. The molecule has 0 bridgehead atoms. The first kappa shape index (κ1) is 25.9. The Morgan fingerprint density at radius 3 is 2.68 bits per heavy atom. The number of hydrogen-bond acceptors (Lipinski definition) is 7. The van der Waals surface area contributed by atoms with Crippen LogP contribution in [0.5, 0.6) is 5.75 Å². The van der Waals surface area contributed by atoms with Crippen LogP contribution >= 0.6 is 19.6 Å². The van der Waals surface area contributed by atoms with Crippen molar-refractivity contribution in [2.45, 2.75) is 38.9 Å². The molecule has 0 amide bonds. The van der Waals surface area contributed by atoms with E-state index >= 15 is 0 Å². The molecule has 0 aliphatic rings. The largest absolute Gasteiger partial charge is 0.466 e. The summed E-state index contributed by atoms with van der Waals surface area (Å²) in [5, 5.41) is 4.46. The summed E-state index contributed by atoms with van der Waals surface area (Å²) in [5.74, 6) is 0.209. The Bertz CT molecular complexity index is 1100. The number of fused-ring (bicyclic) bond motifs is 1. The zero-order chi connectivity index (χ0) is 24.3. The van der Waals surface area contributed by atoms with Crippen LogP contribution in [0.1, 0.15) is 41.9 Å². The molecule has 0 saturated carbocycles. The lowest BCUT2D eigenvalue weighted by Gasteiger charge is -2.23. The van der Waals surface area contributed by atoms with Crippen molar-refractivity contribution < 1.29 is 23.6 Å². The summed E-state index contributed by atoms with van der Waals surface area (Å²) in [6.45, 7) is 8.13. The second kappa shape index (κ2) is 13.2. The molecule has 3 rings (SSSR count). The molecule has 1 aromatic heterocycles. The van der Waals surface area contributed by atoms with Crippen LogP contribution in [0, 0.1) is 0 Å². The Balaban J connectivity index is 1.73. The van der Waals surface area contributed by atoms with E-state index in [1.807, 2.05) is 62.4 Å². The standard InChI is InChI=1S/C26H30NO5PS/c1-4-13-30-25(28)15-19(3)27-33(32-22-9-7-6-8-10-22)18-20-11-12-23-21(16-20)17-24(34-23)26(29)31-14-5-2/h5-12,16-17,19,27H,2,4,13-15,18H2,1,3H3. The van der Waals surface area contributed by atoms with Gasteiger partial charge in [0.2, 0.25) is 0 Å². The van der Waals surface area contributed by atoms with Crippen molar-refractivity contribution in [1.29, 1.82) is 0 Å². The van der Waals surface area contributed by atoms with E-state index < -0.39 is 8.30 Å². The molecule has 3 aromatic rings. The van der Waals surface area contributed by atoms with Gasteiger partial charge in [0, 0.05) is 16.9 Å². The number of rotatable bonds is 13. The number of carbonyl (C=O) groups excluding carboxylic acids is 2. The van der Waals surface area contributed by atoms with Gasteiger partial charge in [-0.05, 0) is 54.6 Å². The highest BCUT2D eigenvalue weighted by atomic mass is 32.1. The highest BCUT2D eigenvalue weighted by Gasteiger charge is 2.19. The van der Waals surface area contributed by atoms with Gasteiger partial charge in [-0.25, -0.2) is 4.79 Å². The monoisotopic (exact) mass is 499 g/mol. The van der Waals surface area contributed by atoms with E-state index in [-0.39, 0.29) is 31.0 Å². The normalized spacial score (nSPS) is 12.6. The Kier molecular flexibility index (Phi) is 10.1. The molecule has 0 saturated heterocycles. The van der Waals surface area contributed by atoms with Gasteiger partial charge in [0.15, 0.2) is 8.30 Å². The molecule has 0 aliphatic heterocycles. The van der Waals surface area contributed by atoms with E-state index in [1.165, 1.54) is 11.3 Å². The summed E-state index contributed by atoms with van der Waals surface area (Å²) in [5.41, 5.74) is 1.08. The number of nitrogens with one attached hydrogen (secondary N) is 1. The van der Waals surface area contributed by atoms with Gasteiger partial charge in [-0.2, -0.15) is 0 Å². The third kappa shape index (κ3) is 7.94. The molecule has 2 aromatic carbocycles. The van der Waals surface area contributed by atoms with Crippen molar-refractivity contribution in [3.63, 3.8) is 0 Å². The summed E-state index contributed by atoms with van der Waals surface area (Å²) in [6, 6.07) is 17.5. The Hall–Kier alpha value is -2.73. The molecule has 1 heterocycles. The van der Waals surface area contributed by atoms with Gasteiger partial charge < -0.3 is 14.0 Å². The number of ether oxygens (including phenoxy) is 2. The van der Waals surface area contributed by atoms with E-state index in [4.69, 9.17) is 14.0 Å². The Labute approximate surface area is 205 Å². The molecule has 0 radical (unpaired) electrons. The van der Waals surface area contributed by atoms with E-state index in [2.05, 4.69) is 17.7 Å². The molecular weight excluding hydrogens is 469 g/mol. The van der Waals surface area contributed by atoms with E-state index in [1.54, 1.807) is 6.08 Å². The van der Waals surface area contributed by atoms with Crippen LogP contribution in [0.25, 0.3) is 10.1 Å². The van der Waals surface area contributed by atoms with Gasteiger partial charge in [0.1, 0.15) is 17.2 Å². The zero-order valence-electron chi connectivity index (χ0n) is 19.5. The molecule has 2 atom stereocenters. The number of hydrogen-bond donors (Lipinski definition) is 1. The van der Waals surface area contributed by atoms with Crippen molar-refractivity contribution in [3.05, 3.63) is 77.7 Å². The second-order valence-electron chi connectivity index (χ2n) is 7.77.